The lowest BCUT2D eigenvalue weighted by atomic mass is 9.92. The minimum absolute atomic E-state index is 0.0801. The summed E-state index contributed by atoms with van der Waals surface area (Å²) in [6.07, 6.45) is 2.56. The van der Waals surface area contributed by atoms with Gasteiger partial charge in [-0.1, -0.05) is 20.8 Å². The molecule has 6 heteroatoms. The fraction of sp³-hybridized carbons (Fsp3) is 0.615. The molecule has 1 aromatic rings. The van der Waals surface area contributed by atoms with Crippen LogP contribution in [0.5, 0.6) is 6.01 Å². The molecule has 2 N–H and O–H groups in total. The van der Waals surface area contributed by atoms with E-state index < -0.39 is 6.09 Å². The zero-order valence-electron chi connectivity index (χ0n) is 11.6. The van der Waals surface area contributed by atoms with Gasteiger partial charge in [-0.05, 0) is 18.9 Å². The Kier molecular flexibility index (Phi) is 3.71. The van der Waals surface area contributed by atoms with Crippen molar-refractivity contribution in [2.24, 2.45) is 5.73 Å². The maximum atomic E-state index is 11.9. The van der Waals surface area contributed by atoms with Crippen LogP contribution >= 0.6 is 0 Å². The minimum atomic E-state index is -0.476. The highest BCUT2D eigenvalue weighted by Crippen LogP contribution is 2.21. The van der Waals surface area contributed by atoms with E-state index in [1.807, 2.05) is 26.8 Å². The summed E-state index contributed by atoms with van der Waals surface area (Å²) < 4.78 is 5.19. The smallest absolute Gasteiger partial charge is 0.374 e. The van der Waals surface area contributed by atoms with Crippen LogP contribution in [0, 0.1) is 0 Å². The van der Waals surface area contributed by atoms with Gasteiger partial charge < -0.3 is 10.5 Å². The van der Waals surface area contributed by atoms with Crippen molar-refractivity contribution in [3.05, 3.63) is 18.0 Å². The second-order valence-corrected chi connectivity index (χ2v) is 5.75. The molecule has 104 valence electrons. The number of amides is 1. The fourth-order valence-corrected chi connectivity index (χ4v) is 1.96. The molecule has 0 saturated carbocycles. The molecule has 0 bridgehead atoms. The van der Waals surface area contributed by atoms with E-state index >= 15 is 0 Å². The van der Waals surface area contributed by atoms with Gasteiger partial charge in [-0.2, -0.15) is 4.98 Å². The van der Waals surface area contributed by atoms with Crippen LogP contribution in [-0.4, -0.2) is 33.7 Å². The maximum Gasteiger partial charge on any atom is 0.418 e. The molecule has 1 fully saturated rings. The molecule has 1 aliphatic rings. The monoisotopic (exact) mass is 264 g/mol. The van der Waals surface area contributed by atoms with Crippen LogP contribution in [0.4, 0.5) is 4.79 Å². The van der Waals surface area contributed by atoms with Gasteiger partial charge in [0.25, 0.3) is 0 Å². The van der Waals surface area contributed by atoms with Crippen LogP contribution in [0.2, 0.25) is 0 Å². The molecule has 19 heavy (non-hydrogen) atoms. The number of ether oxygens (including phenoxy) is 1. The van der Waals surface area contributed by atoms with Crippen LogP contribution in [0.15, 0.2) is 12.3 Å². The Bertz CT molecular complexity index is 470. The van der Waals surface area contributed by atoms with Gasteiger partial charge in [-0.25, -0.2) is 9.78 Å². The fourth-order valence-electron chi connectivity index (χ4n) is 1.96. The molecule has 6 nitrogen and oxygen atoms in total. The highest BCUT2D eigenvalue weighted by atomic mass is 16.6. The van der Waals surface area contributed by atoms with Crippen molar-refractivity contribution in [1.82, 2.24) is 14.9 Å². The molecule has 1 aliphatic heterocycles. The van der Waals surface area contributed by atoms with Crippen molar-refractivity contribution in [2.75, 3.05) is 6.54 Å². The SMILES string of the molecule is CC(C)(C)c1ccnc(OC(=O)N2CCCC2N)n1. The van der Waals surface area contributed by atoms with E-state index in [0.29, 0.717) is 6.54 Å². The van der Waals surface area contributed by atoms with Crippen LogP contribution in [-0.2, 0) is 5.41 Å². The van der Waals surface area contributed by atoms with Crippen molar-refractivity contribution in [3.63, 3.8) is 0 Å². The van der Waals surface area contributed by atoms with Gasteiger partial charge in [0.1, 0.15) is 0 Å². The molecule has 1 atom stereocenters. The van der Waals surface area contributed by atoms with Gasteiger partial charge in [0.2, 0.25) is 0 Å². The Morgan fingerprint density at radius 2 is 2.26 bits per heavy atom. The minimum Gasteiger partial charge on any atom is -0.374 e. The Balaban J connectivity index is 2.09. The molecule has 1 saturated heterocycles. The number of nitrogens with zero attached hydrogens (tertiary/aromatic N) is 3. The zero-order valence-corrected chi connectivity index (χ0v) is 11.6. The number of carbonyl (C=O) groups is 1. The van der Waals surface area contributed by atoms with Crippen molar-refractivity contribution in [1.29, 1.82) is 0 Å². The maximum absolute atomic E-state index is 11.9. The lowest BCUT2D eigenvalue weighted by Gasteiger charge is -2.20. The number of hydrogen-bond acceptors (Lipinski definition) is 5. The van der Waals surface area contributed by atoms with Crippen LogP contribution < -0.4 is 10.5 Å². The second kappa shape index (κ2) is 5.13. The highest BCUT2D eigenvalue weighted by Gasteiger charge is 2.28. The van der Waals surface area contributed by atoms with Crippen molar-refractivity contribution >= 4 is 6.09 Å². The van der Waals surface area contributed by atoms with Crippen molar-refractivity contribution in [3.8, 4) is 6.01 Å². The first-order valence-corrected chi connectivity index (χ1v) is 6.45. The summed E-state index contributed by atoms with van der Waals surface area (Å²) in [6.45, 7) is 6.74. The summed E-state index contributed by atoms with van der Waals surface area (Å²) in [6, 6.07) is 1.90. The molecule has 1 amide bonds. The molecule has 2 rings (SSSR count). The predicted molar refractivity (Wildman–Crippen MR) is 70.7 cm³/mol. The van der Waals surface area contributed by atoms with E-state index in [9.17, 15) is 4.79 Å². The largest absolute Gasteiger partial charge is 0.418 e. The first kappa shape index (κ1) is 13.7. The third-order valence-corrected chi connectivity index (χ3v) is 3.11. The van der Waals surface area contributed by atoms with Crippen LogP contribution in [0.3, 0.4) is 0 Å². The number of hydrogen-bond donors (Lipinski definition) is 1. The van der Waals surface area contributed by atoms with Gasteiger partial charge in [0, 0.05) is 18.2 Å². The van der Waals surface area contributed by atoms with E-state index in [2.05, 4.69) is 9.97 Å². The summed E-state index contributed by atoms with van der Waals surface area (Å²) >= 11 is 0. The molecule has 0 radical (unpaired) electrons. The van der Waals surface area contributed by atoms with Gasteiger partial charge >= 0.3 is 12.1 Å². The second-order valence-electron chi connectivity index (χ2n) is 5.75. The average molecular weight is 264 g/mol. The van der Waals surface area contributed by atoms with E-state index in [0.717, 1.165) is 18.5 Å². The summed E-state index contributed by atoms with van der Waals surface area (Å²) in [7, 11) is 0. The van der Waals surface area contributed by atoms with E-state index in [4.69, 9.17) is 10.5 Å². The predicted octanol–water partition coefficient (Wildman–Crippen LogP) is 1.65. The first-order chi connectivity index (χ1) is 8.88. The van der Waals surface area contributed by atoms with Gasteiger partial charge in [-0.3, -0.25) is 4.90 Å². The van der Waals surface area contributed by atoms with Crippen LogP contribution in [0.25, 0.3) is 0 Å². The highest BCUT2D eigenvalue weighted by molar-refractivity contribution is 5.70. The molecule has 0 aliphatic carbocycles. The van der Waals surface area contributed by atoms with Crippen molar-refractivity contribution < 1.29 is 9.53 Å². The average Bonchev–Trinajstić information content (AvgIpc) is 2.75. The van der Waals surface area contributed by atoms with Gasteiger partial charge in [0.15, 0.2) is 0 Å². The van der Waals surface area contributed by atoms with E-state index in [1.165, 1.54) is 4.90 Å². The van der Waals surface area contributed by atoms with Gasteiger partial charge in [0.05, 0.1) is 11.9 Å². The topological polar surface area (TPSA) is 81.3 Å². The first-order valence-electron chi connectivity index (χ1n) is 6.45. The Hall–Kier alpha value is -1.69. The third kappa shape index (κ3) is 3.20. The molecule has 0 aromatic carbocycles. The zero-order chi connectivity index (χ0) is 14.0. The standard InChI is InChI=1S/C13H20N4O2/c1-13(2,3)9-6-7-15-11(16-9)19-12(18)17-8-4-5-10(17)14/h6-7,10H,4-5,8,14H2,1-3H3. The number of likely N-dealkylation sites (tertiary alicyclic amines) is 1. The summed E-state index contributed by atoms with van der Waals surface area (Å²) in [5.74, 6) is 0. The molecule has 0 spiro atoms. The number of aromatic nitrogens is 2. The van der Waals surface area contributed by atoms with E-state index in [-0.39, 0.29) is 17.6 Å². The summed E-state index contributed by atoms with van der Waals surface area (Å²) in [5.41, 5.74) is 6.53. The molecule has 1 unspecified atom stereocenters. The lowest BCUT2D eigenvalue weighted by Crippen LogP contribution is -2.42. The normalized spacial score (nSPS) is 19.6. The van der Waals surface area contributed by atoms with Crippen LogP contribution in [0.1, 0.15) is 39.3 Å². The molecule has 1 aromatic heterocycles. The number of rotatable bonds is 1. The summed E-state index contributed by atoms with van der Waals surface area (Å²) in [4.78, 5) is 21.7. The van der Waals surface area contributed by atoms with Crippen molar-refractivity contribution in [2.45, 2.75) is 45.2 Å². The van der Waals surface area contributed by atoms with Gasteiger partial charge in [-0.15, -0.1) is 0 Å². The molecular weight excluding hydrogens is 244 g/mol. The molecular formula is C13H20N4O2. The third-order valence-electron chi connectivity index (χ3n) is 3.11. The Morgan fingerprint density at radius 1 is 1.53 bits per heavy atom. The Morgan fingerprint density at radius 3 is 2.84 bits per heavy atom. The lowest BCUT2D eigenvalue weighted by molar-refractivity contribution is 0.144. The Labute approximate surface area is 113 Å². The number of carbonyl (C=O) groups excluding carboxylic acids is 1. The quantitative estimate of drug-likeness (QED) is 0.834. The molecule has 2 heterocycles. The number of nitrogens with two attached hydrogens (primary N) is 1. The summed E-state index contributed by atoms with van der Waals surface area (Å²) in [5, 5.41) is 0. The van der Waals surface area contributed by atoms with E-state index in [1.54, 1.807) is 6.20 Å².